The average molecular weight is 497 g/mol. The van der Waals surface area contributed by atoms with E-state index in [9.17, 15) is 14.0 Å². The van der Waals surface area contributed by atoms with Crippen molar-refractivity contribution in [2.24, 2.45) is 0 Å². The Bertz CT molecular complexity index is 1370. The molecule has 6 rings (SSSR count). The Hall–Kier alpha value is -2.86. The molecular weight excluding hydrogens is 471 g/mol. The molecule has 9 nitrogen and oxygen atoms in total. The zero-order valence-electron chi connectivity index (χ0n) is 19.0. The molecule has 3 aliphatic heterocycles. The lowest BCUT2D eigenvalue weighted by atomic mass is 10.00. The van der Waals surface area contributed by atoms with Gasteiger partial charge >= 0.3 is 0 Å². The lowest BCUT2D eigenvalue weighted by Gasteiger charge is -2.34. The number of hydrogen-bond acceptors (Lipinski definition) is 8. The van der Waals surface area contributed by atoms with Crippen molar-refractivity contribution in [3.8, 4) is 0 Å². The van der Waals surface area contributed by atoms with Crippen molar-refractivity contribution in [1.29, 1.82) is 0 Å². The Morgan fingerprint density at radius 2 is 2.14 bits per heavy atom. The van der Waals surface area contributed by atoms with Crippen LogP contribution in [0.1, 0.15) is 17.2 Å². The highest BCUT2D eigenvalue weighted by molar-refractivity contribution is 8.00. The van der Waals surface area contributed by atoms with E-state index in [0.29, 0.717) is 55.1 Å². The summed E-state index contributed by atoms with van der Waals surface area (Å²) in [4.78, 5) is 35.9. The van der Waals surface area contributed by atoms with Crippen molar-refractivity contribution in [3.63, 3.8) is 0 Å². The molecule has 2 atom stereocenters. The molecule has 182 valence electrons. The maximum atomic E-state index is 14.8. The first kappa shape index (κ1) is 22.6. The summed E-state index contributed by atoms with van der Waals surface area (Å²) in [6.45, 7) is 4.41. The summed E-state index contributed by atoms with van der Waals surface area (Å²) in [5.41, 5.74) is 3.42. The zero-order valence-corrected chi connectivity index (χ0v) is 19.8. The maximum Gasteiger partial charge on any atom is 0.251 e. The molecule has 0 bridgehead atoms. The minimum atomic E-state index is -0.349. The number of amides is 1. The van der Waals surface area contributed by atoms with Gasteiger partial charge in [0.15, 0.2) is 0 Å². The standard InChI is InChI=1S/C24H25FN6O3S/c25-17-8-28-18-1-2-22(33)31-11-14(23(17)24(18)31)10-30-3-4-34-16(12-30)7-26-6-15-5-19-20(9-27-15)35-13-21(32)29-19/h1-2,5,8-9,14,16,26H,3-4,6-7,10-13H2,(H,29,32)/t14?,16-/m0/s1. The van der Waals surface area contributed by atoms with E-state index >= 15 is 0 Å². The van der Waals surface area contributed by atoms with Gasteiger partial charge in [0.05, 0.1) is 47.1 Å². The number of rotatable bonds is 6. The summed E-state index contributed by atoms with van der Waals surface area (Å²) >= 11 is 1.50. The van der Waals surface area contributed by atoms with Gasteiger partial charge in [0, 0.05) is 67.9 Å². The highest BCUT2D eigenvalue weighted by Crippen LogP contribution is 2.34. The van der Waals surface area contributed by atoms with Crippen molar-refractivity contribution in [3.05, 3.63) is 58.0 Å². The highest BCUT2D eigenvalue weighted by atomic mass is 32.2. The van der Waals surface area contributed by atoms with Gasteiger partial charge in [0.2, 0.25) is 5.91 Å². The second-order valence-electron chi connectivity index (χ2n) is 9.12. The van der Waals surface area contributed by atoms with Crippen LogP contribution in [0.25, 0.3) is 11.0 Å². The molecule has 3 aromatic rings. The van der Waals surface area contributed by atoms with E-state index in [1.807, 2.05) is 6.07 Å². The van der Waals surface area contributed by atoms with E-state index in [-0.39, 0.29) is 29.3 Å². The van der Waals surface area contributed by atoms with Crippen LogP contribution in [0.5, 0.6) is 0 Å². The number of fused-ring (bicyclic) bond motifs is 1. The first-order valence-corrected chi connectivity index (χ1v) is 12.7. The fourth-order valence-corrected chi connectivity index (χ4v) is 5.91. The number of aromatic nitrogens is 3. The normalized spacial score (nSPS) is 21.8. The Morgan fingerprint density at radius 3 is 3.06 bits per heavy atom. The van der Waals surface area contributed by atoms with Crippen molar-refractivity contribution < 1.29 is 13.9 Å². The number of hydrogen-bond donors (Lipinski definition) is 2. The molecule has 11 heteroatoms. The molecule has 1 amide bonds. The van der Waals surface area contributed by atoms with Gasteiger partial charge in [-0.3, -0.25) is 24.5 Å². The quantitative estimate of drug-likeness (QED) is 0.530. The summed E-state index contributed by atoms with van der Waals surface area (Å²) in [6.07, 6.45) is 3.05. The number of carbonyl (C=O) groups excluding carboxylic acids is 1. The van der Waals surface area contributed by atoms with Crippen LogP contribution < -0.4 is 16.2 Å². The van der Waals surface area contributed by atoms with Crippen LogP contribution >= 0.6 is 11.8 Å². The molecule has 0 spiro atoms. The third-order valence-corrected chi connectivity index (χ3v) is 7.78. The molecule has 0 aromatic carbocycles. The predicted molar refractivity (Wildman–Crippen MR) is 130 cm³/mol. The van der Waals surface area contributed by atoms with Crippen LogP contribution in [0, 0.1) is 5.82 Å². The molecule has 6 heterocycles. The number of morpholine rings is 1. The molecule has 1 unspecified atom stereocenters. The van der Waals surface area contributed by atoms with E-state index in [4.69, 9.17) is 4.74 Å². The number of pyridine rings is 3. The van der Waals surface area contributed by atoms with Gasteiger partial charge in [0.1, 0.15) is 5.82 Å². The molecule has 3 aliphatic rings. The summed E-state index contributed by atoms with van der Waals surface area (Å²) in [5.74, 6) is -0.0246. The zero-order chi connectivity index (χ0) is 23.9. The topological polar surface area (TPSA) is 101 Å². The Morgan fingerprint density at radius 1 is 1.23 bits per heavy atom. The number of ether oxygens (including phenoxy) is 1. The van der Waals surface area contributed by atoms with E-state index < -0.39 is 0 Å². The number of nitrogens with zero attached hydrogens (tertiary/aromatic N) is 4. The fraction of sp³-hybridized carbons (Fsp3) is 0.417. The molecule has 1 fully saturated rings. The van der Waals surface area contributed by atoms with Crippen LogP contribution in [0.3, 0.4) is 0 Å². The fourth-order valence-electron chi connectivity index (χ4n) is 5.16. The van der Waals surface area contributed by atoms with Crippen LogP contribution in [-0.2, 0) is 22.6 Å². The van der Waals surface area contributed by atoms with E-state index in [1.54, 1.807) is 16.8 Å². The Labute approximate surface area is 205 Å². The van der Waals surface area contributed by atoms with Crippen molar-refractivity contribution >= 4 is 34.4 Å². The first-order chi connectivity index (χ1) is 17.0. The smallest absolute Gasteiger partial charge is 0.251 e. The van der Waals surface area contributed by atoms with E-state index in [1.165, 1.54) is 24.0 Å². The second kappa shape index (κ2) is 9.30. The van der Waals surface area contributed by atoms with E-state index in [2.05, 4.69) is 25.5 Å². The van der Waals surface area contributed by atoms with Gasteiger partial charge in [0.25, 0.3) is 5.56 Å². The molecule has 2 N–H and O–H groups in total. The van der Waals surface area contributed by atoms with Crippen molar-refractivity contribution in [1.82, 2.24) is 24.8 Å². The third kappa shape index (κ3) is 4.44. The summed E-state index contributed by atoms with van der Waals surface area (Å²) in [5, 5.41) is 6.29. The molecule has 35 heavy (non-hydrogen) atoms. The minimum absolute atomic E-state index is 0.00548. The molecule has 0 saturated carbocycles. The van der Waals surface area contributed by atoms with Gasteiger partial charge in [-0.05, 0) is 12.1 Å². The SMILES string of the molecule is O=C1CSc2cnc(CNC[C@H]3CN(CC4Cn5c(=O)ccc6ncc(F)c4c65)CCO3)cc2N1. The van der Waals surface area contributed by atoms with Crippen LogP contribution in [-0.4, -0.2) is 70.0 Å². The summed E-state index contributed by atoms with van der Waals surface area (Å²) in [6, 6.07) is 5.07. The highest BCUT2D eigenvalue weighted by Gasteiger charge is 2.32. The molecule has 3 aromatic heterocycles. The van der Waals surface area contributed by atoms with Gasteiger partial charge < -0.3 is 19.9 Å². The molecule has 1 saturated heterocycles. The van der Waals surface area contributed by atoms with Crippen LogP contribution in [0.2, 0.25) is 0 Å². The predicted octanol–water partition coefficient (Wildman–Crippen LogP) is 1.56. The number of nitrogens with one attached hydrogen (secondary N) is 2. The van der Waals surface area contributed by atoms with Crippen molar-refractivity contribution in [2.75, 3.05) is 43.9 Å². The third-order valence-electron chi connectivity index (χ3n) is 6.74. The monoisotopic (exact) mass is 496 g/mol. The lowest BCUT2D eigenvalue weighted by molar-refractivity contribution is -0.113. The second-order valence-corrected chi connectivity index (χ2v) is 10.1. The van der Waals surface area contributed by atoms with Crippen LogP contribution in [0.15, 0.2) is 40.3 Å². The number of anilines is 1. The minimum Gasteiger partial charge on any atom is -0.374 e. The van der Waals surface area contributed by atoms with Crippen molar-refractivity contribution in [2.45, 2.75) is 30.0 Å². The first-order valence-electron chi connectivity index (χ1n) is 11.7. The maximum absolute atomic E-state index is 14.8. The number of halogens is 1. The van der Waals surface area contributed by atoms with Gasteiger partial charge in [-0.15, -0.1) is 11.8 Å². The average Bonchev–Trinajstić information content (AvgIpc) is 3.24. The van der Waals surface area contributed by atoms with E-state index in [0.717, 1.165) is 29.4 Å². The van der Waals surface area contributed by atoms with Gasteiger partial charge in [-0.25, -0.2) is 4.39 Å². The molecule has 0 aliphatic carbocycles. The Balaban J connectivity index is 1.07. The summed E-state index contributed by atoms with van der Waals surface area (Å²) < 4.78 is 22.4. The molecular formula is C24H25FN6O3S. The number of thioether (sulfide) groups is 1. The largest absolute Gasteiger partial charge is 0.374 e. The summed E-state index contributed by atoms with van der Waals surface area (Å²) in [7, 11) is 0. The number of carbonyl (C=O) groups is 1. The van der Waals surface area contributed by atoms with Gasteiger partial charge in [-0.1, -0.05) is 0 Å². The molecule has 0 radical (unpaired) electrons. The van der Waals surface area contributed by atoms with Gasteiger partial charge in [-0.2, -0.15) is 0 Å². The van der Waals surface area contributed by atoms with Crippen LogP contribution in [0.4, 0.5) is 10.1 Å². The lowest BCUT2D eigenvalue weighted by Crippen LogP contribution is -2.47. The Kier molecular flexibility index (Phi) is 6.01.